The fourth-order valence-electron chi connectivity index (χ4n) is 1.36. The van der Waals surface area contributed by atoms with E-state index in [9.17, 15) is 0 Å². The van der Waals surface area contributed by atoms with Gasteiger partial charge in [-0.3, -0.25) is 0 Å². The minimum Gasteiger partial charge on any atom is -0.216 e. The van der Waals surface area contributed by atoms with Gasteiger partial charge in [0.25, 0.3) is 5.78 Å². The van der Waals surface area contributed by atoms with E-state index >= 15 is 0 Å². The van der Waals surface area contributed by atoms with Crippen LogP contribution in [0.4, 0.5) is 0 Å². The van der Waals surface area contributed by atoms with Gasteiger partial charge in [-0.25, -0.2) is 9.50 Å². The molecule has 68 valence electrons. The molecule has 2 aromatic heterocycles. The van der Waals surface area contributed by atoms with E-state index in [2.05, 4.69) is 15.1 Å². The summed E-state index contributed by atoms with van der Waals surface area (Å²) in [5.74, 6) is 1.46. The normalized spacial score (nSPS) is 11.1. The third-order valence-electron chi connectivity index (χ3n) is 2.37. The van der Waals surface area contributed by atoms with Crippen molar-refractivity contribution in [1.82, 2.24) is 19.6 Å². The Morgan fingerprint density at radius 2 is 1.69 bits per heavy atom. The minimum absolute atomic E-state index is 0.693. The lowest BCUT2D eigenvalue weighted by Gasteiger charge is -2.04. The van der Waals surface area contributed by atoms with Gasteiger partial charge in [-0.05, 0) is 33.3 Å². The number of fused-ring (bicyclic) bond motifs is 1. The van der Waals surface area contributed by atoms with Crippen LogP contribution in [0, 0.1) is 27.7 Å². The molecule has 2 heterocycles. The van der Waals surface area contributed by atoms with Gasteiger partial charge in [-0.2, -0.15) is 10.1 Å². The maximum Gasteiger partial charge on any atom is 0.252 e. The number of hydrogen-bond donors (Lipinski definition) is 0. The van der Waals surface area contributed by atoms with Gasteiger partial charge in [0.2, 0.25) is 0 Å². The zero-order valence-corrected chi connectivity index (χ0v) is 8.29. The van der Waals surface area contributed by atoms with Gasteiger partial charge in [0.05, 0.1) is 0 Å². The maximum atomic E-state index is 4.35. The fourth-order valence-corrected chi connectivity index (χ4v) is 1.36. The molecule has 0 radical (unpaired) electrons. The van der Waals surface area contributed by atoms with Crippen LogP contribution in [-0.4, -0.2) is 19.6 Å². The van der Waals surface area contributed by atoms with Gasteiger partial charge in [0, 0.05) is 11.4 Å². The highest BCUT2D eigenvalue weighted by atomic mass is 15.3. The first-order valence-electron chi connectivity index (χ1n) is 4.27. The third kappa shape index (κ3) is 1.09. The van der Waals surface area contributed by atoms with E-state index in [0.29, 0.717) is 5.78 Å². The lowest BCUT2D eigenvalue weighted by Crippen LogP contribution is -2.02. The molecule has 0 aliphatic rings. The van der Waals surface area contributed by atoms with Crippen molar-refractivity contribution in [3.63, 3.8) is 0 Å². The number of aromatic nitrogens is 4. The zero-order valence-electron chi connectivity index (χ0n) is 8.29. The smallest absolute Gasteiger partial charge is 0.216 e. The van der Waals surface area contributed by atoms with Crippen molar-refractivity contribution in [2.24, 2.45) is 0 Å². The summed E-state index contributed by atoms with van der Waals surface area (Å²) in [6.45, 7) is 7.95. The average Bonchev–Trinajstić information content (AvgIpc) is 2.42. The summed E-state index contributed by atoms with van der Waals surface area (Å²) in [5, 5.41) is 4.26. The minimum atomic E-state index is 0.693. The van der Waals surface area contributed by atoms with Crippen LogP contribution in [0.1, 0.15) is 22.8 Å². The highest BCUT2D eigenvalue weighted by Gasteiger charge is 2.07. The van der Waals surface area contributed by atoms with Crippen molar-refractivity contribution in [3.05, 3.63) is 22.8 Å². The van der Waals surface area contributed by atoms with Gasteiger partial charge in [-0.15, -0.1) is 0 Å². The maximum absolute atomic E-state index is 4.35. The van der Waals surface area contributed by atoms with Crippen molar-refractivity contribution < 1.29 is 0 Å². The van der Waals surface area contributed by atoms with Crippen molar-refractivity contribution in [2.75, 3.05) is 0 Å². The van der Waals surface area contributed by atoms with Crippen molar-refractivity contribution in [1.29, 1.82) is 0 Å². The van der Waals surface area contributed by atoms with E-state index in [1.165, 1.54) is 5.56 Å². The van der Waals surface area contributed by atoms with E-state index in [1.54, 1.807) is 4.52 Å². The van der Waals surface area contributed by atoms with E-state index in [4.69, 9.17) is 0 Å². The van der Waals surface area contributed by atoms with Gasteiger partial charge >= 0.3 is 0 Å². The monoisotopic (exact) mass is 176 g/mol. The Morgan fingerprint density at radius 1 is 1.00 bits per heavy atom. The van der Waals surface area contributed by atoms with Gasteiger partial charge < -0.3 is 0 Å². The summed E-state index contributed by atoms with van der Waals surface area (Å²) in [7, 11) is 0. The Hall–Kier alpha value is -1.45. The van der Waals surface area contributed by atoms with Crippen LogP contribution in [0.2, 0.25) is 0 Å². The molecule has 0 spiro atoms. The zero-order chi connectivity index (χ0) is 9.59. The van der Waals surface area contributed by atoms with Crippen molar-refractivity contribution in [3.8, 4) is 0 Å². The summed E-state index contributed by atoms with van der Waals surface area (Å²) >= 11 is 0. The highest BCUT2D eigenvalue weighted by Crippen LogP contribution is 2.11. The second-order valence-electron chi connectivity index (χ2n) is 3.28. The Morgan fingerprint density at radius 3 is 2.38 bits per heavy atom. The average molecular weight is 176 g/mol. The van der Waals surface area contributed by atoms with Gasteiger partial charge in [0.15, 0.2) is 0 Å². The Kier molecular flexibility index (Phi) is 1.58. The third-order valence-corrected chi connectivity index (χ3v) is 2.37. The molecule has 0 fully saturated rings. The predicted octanol–water partition coefficient (Wildman–Crippen LogP) is 1.36. The van der Waals surface area contributed by atoms with Crippen molar-refractivity contribution >= 4 is 5.78 Å². The molecule has 0 aliphatic carbocycles. The van der Waals surface area contributed by atoms with Crippen LogP contribution in [0.25, 0.3) is 5.78 Å². The molecule has 4 heteroatoms. The Labute approximate surface area is 76.6 Å². The molecule has 0 atom stereocenters. The molecule has 13 heavy (non-hydrogen) atoms. The lowest BCUT2D eigenvalue weighted by molar-refractivity contribution is 0.856. The number of rotatable bonds is 0. The second-order valence-corrected chi connectivity index (χ2v) is 3.28. The molecule has 0 saturated heterocycles. The Bertz CT molecular complexity index is 470. The highest BCUT2D eigenvalue weighted by molar-refractivity contribution is 5.35. The molecule has 0 N–H and O–H groups in total. The molecule has 0 aromatic carbocycles. The molecule has 2 aromatic rings. The molecule has 0 aliphatic heterocycles. The molecule has 0 amide bonds. The predicted molar refractivity (Wildman–Crippen MR) is 49.7 cm³/mol. The topological polar surface area (TPSA) is 43.1 Å². The first kappa shape index (κ1) is 8.16. The van der Waals surface area contributed by atoms with Crippen LogP contribution in [0.15, 0.2) is 0 Å². The molecular weight excluding hydrogens is 164 g/mol. The van der Waals surface area contributed by atoms with E-state index in [-0.39, 0.29) is 0 Å². The van der Waals surface area contributed by atoms with Gasteiger partial charge in [0.1, 0.15) is 5.82 Å². The van der Waals surface area contributed by atoms with Crippen LogP contribution in [0.3, 0.4) is 0 Å². The summed E-state index contributed by atoms with van der Waals surface area (Å²) in [6, 6.07) is 0. The molecule has 0 saturated carbocycles. The summed E-state index contributed by atoms with van der Waals surface area (Å²) in [4.78, 5) is 8.56. The molecule has 0 bridgehead atoms. The lowest BCUT2D eigenvalue weighted by atomic mass is 10.2. The van der Waals surface area contributed by atoms with Crippen molar-refractivity contribution in [2.45, 2.75) is 27.7 Å². The number of aryl methyl sites for hydroxylation is 3. The number of nitrogens with zero attached hydrogens (tertiary/aromatic N) is 4. The SMILES string of the molecule is Cc1nc2nc(C)c(C)c(C)n2n1. The van der Waals surface area contributed by atoms with Crippen LogP contribution in [0.5, 0.6) is 0 Å². The Balaban J connectivity index is 2.92. The first-order valence-corrected chi connectivity index (χ1v) is 4.27. The molecular formula is C9H12N4. The molecule has 4 nitrogen and oxygen atoms in total. The van der Waals surface area contributed by atoms with Crippen LogP contribution in [-0.2, 0) is 0 Å². The standard InChI is InChI=1S/C9H12N4/c1-5-6(2)10-9-11-8(4)12-13(9)7(5)3/h1-4H3. The van der Waals surface area contributed by atoms with Gasteiger partial charge in [-0.1, -0.05) is 0 Å². The largest absolute Gasteiger partial charge is 0.252 e. The van der Waals surface area contributed by atoms with Crippen LogP contribution >= 0.6 is 0 Å². The van der Waals surface area contributed by atoms with E-state index in [1.807, 2.05) is 27.7 Å². The van der Waals surface area contributed by atoms with E-state index in [0.717, 1.165) is 17.2 Å². The van der Waals surface area contributed by atoms with E-state index < -0.39 is 0 Å². The first-order chi connectivity index (χ1) is 6.09. The molecule has 2 rings (SSSR count). The summed E-state index contributed by atoms with van der Waals surface area (Å²) in [6.07, 6.45) is 0. The summed E-state index contributed by atoms with van der Waals surface area (Å²) in [5.41, 5.74) is 3.32. The fraction of sp³-hybridized carbons (Fsp3) is 0.444. The molecule has 0 unspecified atom stereocenters. The summed E-state index contributed by atoms with van der Waals surface area (Å²) < 4.78 is 1.79. The number of hydrogen-bond acceptors (Lipinski definition) is 3. The quantitative estimate of drug-likeness (QED) is 0.608. The van der Waals surface area contributed by atoms with Crippen LogP contribution < -0.4 is 0 Å². The second kappa shape index (κ2) is 2.52.